The molecule has 2 rings (SSSR count). The minimum Gasteiger partial charge on any atom is -0.320 e. The molecule has 1 aliphatic heterocycles. The van der Waals surface area contributed by atoms with Crippen molar-refractivity contribution in [3.63, 3.8) is 0 Å². The van der Waals surface area contributed by atoms with E-state index >= 15 is 0 Å². The first-order valence-corrected chi connectivity index (χ1v) is 7.76. The zero-order chi connectivity index (χ0) is 13.7. The lowest BCUT2D eigenvalue weighted by Gasteiger charge is -2.32. The van der Waals surface area contributed by atoms with E-state index in [9.17, 15) is 0 Å². The van der Waals surface area contributed by atoms with Crippen LogP contribution in [0.5, 0.6) is 0 Å². The number of halogens is 2. The molecule has 0 aliphatic carbocycles. The summed E-state index contributed by atoms with van der Waals surface area (Å²) in [5.74, 6) is 0.874. The van der Waals surface area contributed by atoms with Crippen LogP contribution in [0.15, 0.2) is 18.2 Å². The highest BCUT2D eigenvalue weighted by Gasteiger charge is 2.19. The molecule has 1 aromatic rings. The third kappa shape index (κ3) is 4.35. The van der Waals surface area contributed by atoms with Gasteiger partial charge in [0.15, 0.2) is 0 Å². The topological polar surface area (TPSA) is 15.3 Å². The van der Waals surface area contributed by atoms with Crippen LogP contribution in [0.2, 0.25) is 10.0 Å². The number of hydrogen-bond acceptors (Lipinski definition) is 2. The second-order valence-electron chi connectivity index (χ2n) is 5.32. The maximum absolute atomic E-state index is 6.24. The first kappa shape index (κ1) is 15.1. The zero-order valence-electron chi connectivity index (χ0n) is 11.5. The fourth-order valence-corrected chi connectivity index (χ4v) is 3.07. The summed E-state index contributed by atoms with van der Waals surface area (Å²) in [5, 5.41) is 4.60. The molecule has 0 radical (unpaired) electrons. The van der Waals surface area contributed by atoms with Gasteiger partial charge in [0.05, 0.1) is 10.0 Å². The molecule has 1 saturated heterocycles. The van der Waals surface area contributed by atoms with E-state index < -0.39 is 0 Å². The van der Waals surface area contributed by atoms with Gasteiger partial charge in [-0.1, -0.05) is 35.3 Å². The summed E-state index contributed by atoms with van der Waals surface area (Å²) in [6.45, 7) is 4.37. The molecule has 0 saturated carbocycles. The Morgan fingerprint density at radius 2 is 2.00 bits per heavy atom. The molecule has 0 spiro atoms. The van der Waals surface area contributed by atoms with Gasteiger partial charge in [0.25, 0.3) is 0 Å². The van der Waals surface area contributed by atoms with Gasteiger partial charge in [-0.15, -0.1) is 0 Å². The van der Waals surface area contributed by atoms with Crippen molar-refractivity contribution in [2.24, 2.45) is 5.92 Å². The Morgan fingerprint density at radius 1 is 1.26 bits per heavy atom. The van der Waals surface area contributed by atoms with Crippen molar-refractivity contribution in [3.8, 4) is 0 Å². The van der Waals surface area contributed by atoms with E-state index in [2.05, 4.69) is 16.3 Å². The third-order valence-electron chi connectivity index (χ3n) is 3.94. The van der Waals surface area contributed by atoms with E-state index in [0.717, 1.165) is 37.7 Å². The van der Waals surface area contributed by atoms with Gasteiger partial charge in [0, 0.05) is 6.54 Å². The van der Waals surface area contributed by atoms with Gasteiger partial charge in [-0.05, 0) is 63.5 Å². The summed E-state index contributed by atoms with van der Waals surface area (Å²) in [7, 11) is 2.02. The van der Waals surface area contributed by atoms with Gasteiger partial charge in [-0.2, -0.15) is 0 Å². The molecule has 0 amide bonds. The second kappa shape index (κ2) is 7.49. The summed E-state index contributed by atoms with van der Waals surface area (Å²) in [6, 6.07) is 5.89. The molecule has 19 heavy (non-hydrogen) atoms. The normalized spacial score (nSPS) is 17.8. The fraction of sp³-hybridized carbons (Fsp3) is 0.600. The van der Waals surface area contributed by atoms with Crippen LogP contribution < -0.4 is 5.32 Å². The van der Waals surface area contributed by atoms with Gasteiger partial charge >= 0.3 is 0 Å². The van der Waals surface area contributed by atoms with E-state index in [1.165, 1.54) is 19.3 Å². The Kier molecular flexibility index (Phi) is 5.96. The first-order valence-electron chi connectivity index (χ1n) is 7.00. The van der Waals surface area contributed by atoms with E-state index in [1.807, 2.05) is 19.2 Å². The highest BCUT2D eigenvalue weighted by Crippen LogP contribution is 2.28. The minimum absolute atomic E-state index is 0.656. The molecule has 0 atom stereocenters. The number of hydrogen-bond donors (Lipinski definition) is 1. The number of benzene rings is 1. The molecule has 106 valence electrons. The first-order chi connectivity index (χ1) is 9.20. The maximum atomic E-state index is 6.24. The highest BCUT2D eigenvalue weighted by molar-refractivity contribution is 6.42. The van der Waals surface area contributed by atoms with Crippen molar-refractivity contribution < 1.29 is 0 Å². The molecule has 1 aliphatic rings. The molecular formula is C15H22Cl2N2. The fourth-order valence-electron chi connectivity index (χ4n) is 2.69. The summed E-state index contributed by atoms with van der Waals surface area (Å²) < 4.78 is 0. The van der Waals surface area contributed by atoms with Crippen molar-refractivity contribution in [2.45, 2.75) is 25.8 Å². The molecule has 4 heteroatoms. The van der Waals surface area contributed by atoms with Crippen molar-refractivity contribution in [2.75, 3.05) is 26.7 Å². The van der Waals surface area contributed by atoms with Gasteiger partial charge in [0.1, 0.15) is 0 Å². The van der Waals surface area contributed by atoms with Gasteiger partial charge in [-0.25, -0.2) is 0 Å². The molecular weight excluding hydrogens is 279 g/mol. The van der Waals surface area contributed by atoms with Crippen LogP contribution in [-0.4, -0.2) is 31.6 Å². The van der Waals surface area contributed by atoms with Crippen molar-refractivity contribution >= 4 is 23.2 Å². The molecule has 1 heterocycles. The molecule has 0 aromatic heterocycles. The summed E-state index contributed by atoms with van der Waals surface area (Å²) >= 11 is 12.3. The monoisotopic (exact) mass is 300 g/mol. The number of nitrogens with one attached hydrogen (secondary N) is 1. The third-order valence-corrected chi connectivity index (χ3v) is 4.79. The molecule has 2 nitrogen and oxygen atoms in total. The van der Waals surface area contributed by atoms with Gasteiger partial charge in [0.2, 0.25) is 0 Å². The zero-order valence-corrected chi connectivity index (χ0v) is 13.0. The van der Waals surface area contributed by atoms with Crippen molar-refractivity contribution in [3.05, 3.63) is 33.8 Å². The Morgan fingerprint density at radius 3 is 2.68 bits per heavy atom. The van der Waals surface area contributed by atoms with Crippen LogP contribution >= 0.6 is 23.2 Å². The lowest BCUT2D eigenvalue weighted by atomic mass is 9.93. The van der Waals surface area contributed by atoms with Gasteiger partial charge in [-0.3, -0.25) is 4.90 Å². The van der Waals surface area contributed by atoms with E-state index in [-0.39, 0.29) is 0 Å². The summed E-state index contributed by atoms with van der Waals surface area (Å²) in [6.07, 6.45) is 3.88. The van der Waals surface area contributed by atoms with E-state index in [1.54, 1.807) is 0 Å². The molecule has 1 aromatic carbocycles. The quantitative estimate of drug-likeness (QED) is 0.889. The van der Waals surface area contributed by atoms with E-state index in [0.29, 0.717) is 10.0 Å². The lowest BCUT2D eigenvalue weighted by molar-refractivity contribution is 0.172. The Balaban J connectivity index is 1.84. The average Bonchev–Trinajstić information content (AvgIpc) is 2.43. The van der Waals surface area contributed by atoms with Crippen LogP contribution in [-0.2, 0) is 6.54 Å². The predicted octanol–water partition coefficient (Wildman–Crippen LogP) is 3.81. The average molecular weight is 301 g/mol. The molecule has 0 bridgehead atoms. The van der Waals surface area contributed by atoms with Gasteiger partial charge < -0.3 is 5.32 Å². The highest BCUT2D eigenvalue weighted by atomic mass is 35.5. The lowest BCUT2D eigenvalue weighted by Crippen LogP contribution is -2.34. The Hall–Kier alpha value is -0.280. The molecule has 1 N–H and O–H groups in total. The predicted molar refractivity (Wildman–Crippen MR) is 83.0 cm³/mol. The van der Waals surface area contributed by atoms with E-state index in [4.69, 9.17) is 23.2 Å². The number of nitrogens with zero attached hydrogens (tertiary/aromatic N) is 1. The SMILES string of the molecule is CNCCC1CCN(Cc2cccc(Cl)c2Cl)CC1. The van der Waals surface area contributed by atoms with Crippen LogP contribution in [0.4, 0.5) is 0 Å². The van der Waals surface area contributed by atoms with Crippen LogP contribution in [0.25, 0.3) is 0 Å². The maximum Gasteiger partial charge on any atom is 0.0637 e. The Labute approximate surface area is 126 Å². The molecule has 0 unspecified atom stereocenters. The van der Waals surface area contributed by atoms with Crippen LogP contribution in [0, 0.1) is 5.92 Å². The summed E-state index contributed by atoms with van der Waals surface area (Å²) in [4.78, 5) is 2.48. The smallest absolute Gasteiger partial charge is 0.0637 e. The second-order valence-corrected chi connectivity index (χ2v) is 6.11. The standard InChI is InChI=1S/C15H22Cl2N2/c1-18-8-5-12-6-9-19(10-7-12)11-13-3-2-4-14(16)15(13)17/h2-4,12,18H,5-11H2,1H3. The largest absolute Gasteiger partial charge is 0.320 e. The number of piperidine rings is 1. The number of rotatable bonds is 5. The van der Waals surface area contributed by atoms with Crippen LogP contribution in [0.1, 0.15) is 24.8 Å². The Bertz CT molecular complexity index is 401. The number of likely N-dealkylation sites (tertiary alicyclic amines) is 1. The van der Waals surface area contributed by atoms with Crippen molar-refractivity contribution in [1.29, 1.82) is 0 Å². The van der Waals surface area contributed by atoms with Crippen LogP contribution in [0.3, 0.4) is 0 Å². The molecule has 1 fully saturated rings. The van der Waals surface area contributed by atoms with Crippen molar-refractivity contribution in [1.82, 2.24) is 10.2 Å². The summed E-state index contributed by atoms with van der Waals surface area (Å²) in [5.41, 5.74) is 1.14. The minimum atomic E-state index is 0.656.